The van der Waals surface area contributed by atoms with Crippen molar-refractivity contribution in [1.29, 1.82) is 0 Å². The van der Waals surface area contributed by atoms with Gasteiger partial charge in [0, 0.05) is 5.56 Å². The summed E-state index contributed by atoms with van der Waals surface area (Å²) >= 11 is 6.13. The second kappa shape index (κ2) is 6.03. The van der Waals surface area contributed by atoms with E-state index in [2.05, 4.69) is 15.3 Å². The summed E-state index contributed by atoms with van der Waals surface area (Å²) in [7, 11) is 0. The van der Waals surface area contributed by atoms with Crippen molar-refractivity contribution in [1.82, 2.24) is 9.97 Å². The molecule has 0 bridgehead atoms. The molecule has 2 N–H and O–H groups in total. The number of nitrogens with one attached hydrogen (secondary N) is 1. The van der Waals surface area contributed by atoms with Crippen LogP contribution in [0.25, 0.3) is 0 Å². The minimum absolute atomic E-state index is 0.264. The first kappa shape index (κ1) is 15.8. The van der Waals surface area contributed by atoms with E-state index >= 15 is 0 Å². The normalized spacial score (nSPS) is 14.0. The average molecular weight is 310 g/mol. The lowest BCUT2D eigenvalue weighted by molar-refractivity contribution is 0.0467. The van der Waals surface area contributed by atoms with Crippen LogP contribution in [-0.4, -0.2) is 21.6 Å². The Morgan fingerprint density at radius 2 is 2.05 bits per heavy atom. The number of hydrogen-bond donors (Lipinski definition) is 2. The Bertz CT molecular complexity index is 638. The predicted molar refractivity (Wildman–Crippen MR) is 82.7 cm³/mol. The standard InChI is InChI=1S/C15H20ClN3O2/c1-5-11-13(16)18-10(3)19-14(11)17-8-15(4,20)12-7-6-9(2)21-12/h6-7,20H,5,8H2,1-4H3,(H,17,18,19). The summed E-state index contributed by atoms with van der Waals surface area (Å²) in [6.45, 7) is 7.57. The van der Waals surface area contributed by atoms with Gasteiger partial charge in [0.1, 0.15) is 33.9 Å². The van der Waals surface area contributed by atoms with Gasteiger partial charge < -0.3 is 14.8 Å². The van der Waals surface area contributed by atoms with Gasteiger partial charge in [-0.05, 0) is 39.3 Å². The zero-order chi connectivity index (χ0) is 15.6. The van der Waals surface area contributed by atoms with E-state index in [1.54, 1.807) is 19.9 Å². The molecule has 0 spiro atoms. The van der Waals surface area contributed by atoms with Gasteiger partial charge in [-0.15, -0.1) is 0 Å². The minimum atomic E-state index is -1.13. The molecule has 2 rings (SSSR count). The van der Waals surface area contributed by atoms with Gasteiger partial charge in [-0.1, -0.05) is 18.5 Å². The van der Waals surface area contributed by atoms with E-state index in [1.165, 1.54) is 0 Å². The summed E-state index contributed by atoms with van der Waals surface area (Å²) in [6, 6.07) is 3.60. The van der Waals surface area contributed by atoms with Crippen molar-refractivity contribution in [2.45, 2.75) is 39.7 Å². The molecule has 2 heterocycles. The summed E-state index contributed by atoms with van der Waals surface area (Å²) < 4.78 is 5.49. The molecule has 0 aliphatic rings. The van der Waals surface area contributed by atoms with E-state index < -0.39 is 5.60 Å². The molecule has 0 aliphatic heterocycles. The van der Waals surface area contributed by atoms with Gasteiger partial charge in [0.15, 0.2) is 0 Å². The third-order valence-corrected chi connectivity index (χ3v) is 3.61. The zero-order valence-electron chi connectivity index (χ0n) is 12.7. The largest absolute Gasteiger partial charge is 0.463 e. The maximum absolute atomic E-state index is 10.5. The topological polar surface area (TPSA) is 71.2 Å². The van der Waals surface area contributed by atoms with Crippen LogP contribution >= 0.6 is 11.6 Å². The van der Waals surface area contributed by atoms with E-state index in [0.29, 0.717) is 29.0 Å². The van der Waals surface area contributed by atoms with E-state index in [4.69, 9.17) is 16.0 Å². The SMILES string of the molecule is CCc1c(Cl)nc(C)nc1NCC(C)(O)c1ccc(C)o1. The molecule has 0 saturated heterocycles. The van der Waals surface area contributed by atoms with Crippen LogP contribution in [0.3, 0.4) is 0 Å². The molecule has 6 heteroatoms. The highest BCUT2D eigenvalue weighted by Gasteiger charge is 2.27. The first-order valence-corrected chi connectivity index (χ1v) is 7.27. The van der Waals surface area contributed by atoms with E-state index in [-0.39, 0.29) is 6.54 Å². The zero-order valence-corrected chi connectivity index (χ0v) is 13.5. The Kier molecular flexibility index (Phi) is 4.54. The lowest BCUT2D eigenvalue weighted by atomic mass is 10.0. The van der Waals surface area contributed by atoms with Gasteiger partial charge in [-0.25, -0.2) is 9.97 Å². The van der Waals surface area contributed by atoms with Crippen LogP contribution < -0.4 is 5.32 Å². The van der Waals surface area contributed by atoms with Crippen LogP contribution in [0.15, 0.2) is 16.5 Å². The van der Waals surface area contributed by atoms with Crippen LogP contribution in [0.5, 0.6) is 0 Å². The molecule has 0 aliphatic carbocycles. The Morgan fingerprint density at radius 3 is 2.62 bits per heavy atom. The molecular weight excluding hydrogens is 290 g/mol. The molecule has 2 aromatic rings. The maximum atomic E-state index is 10.5. The van der Waals surface area contributed by atoms with Gasteiger partial charge in [0.2, 0.25) is 0 Å². The van der Waals surface area contributed by atoms with Crippen molar-refractivity contribution >= 4 is 17.4 Å². The number of rotatable bonds is 5. The molecule has 114 valence electrons. The average Bonchev–Trinajstić information content (AvgIpc) is 2.83. The van der Waals surface area contributed by atoms with Crippen LogP contribution in [0.2, 0.25) is 5.15 Å². The van der Waals surface area contributed by atoms with E-state index in [1.807, 2.05) is 19.9 Å². The third kappa shape index (κ3) is 3.54. The monoisotopic (exact) mass is 309 g/mol. The highest BCUT2D eigenvalue weighted by Crippen LogP contribution is 2.26. The molecule has 2 aromatic heterocycles. The number of aliphatic hydroxyl groups is 1. The number of anilines is 1. The van der Waals surface area contributed by atoms with E-state index in [0.717, 1.165) is 11.3 Å². The Balaban J connectivity index is 2.19. The molecule has 0 amide bonds. The highest BCUT2D eigenvalue weighted by molar-refractivity contribution is 6.30. The smallest absolute Gasteiger partial charge is 0.138 e. The molecule has 0 radical (unpaired) electrons. The van der Waals surface area contributed by atoms with Crippen LogP contribution in [0.4, 0.5) is 5.82 Å². The molecule has 0 saturated carbocycles. The molecule has 5 nitrogen and oxygen atoms in total. The molecule has 0 fully saturated rings. The number of aryl methyl sites for hydroxylation is 2. The van der Waals surface area contributed by atoms with Crippen molar-refractivity contribution < 1.29 is 9.52 Å². The van der Waals surface area contributed by atoms with Crippen molar-refractivity contribution in [2.24, 2.45) is 0 Å². The van der Waals surface area contributed by atoms with E-state index in [9.17, 15) is 5.11 Å². The Morgan fingerprint density at radius 1 is 1.33 bits per heavy atom. The van der Waals surface area contributed by atoms with Gasteiger partial charge in [0.05, 0.1) is 6.54 Å². The fourth-order valence-electron chi connectivity index (χ4n) is 2.09. The van der Waals surface area contributed by atoms with Gasteiger partial charge >= 0.3 is 0 Å². The molecule has 1 atom stereocenters. The lowest BCUT2D eigenvalue weighted by Gasteiger charge is -2.22. The van der Waals surface area contributed by atoms with Gasteiger partial charge in [-0.2, -0.15) is 0 Å². The summed E-state index contributed by atoms with van der Waals surface area (Å²) in [5.41, 5.74) is -0.293. The van der Waals surface area contributed by atoms with Crippen molar-refractivity contribution in [2.75, 3.05) is 11.9 Å². The maximum Gasteiger partial charge on any atom is 0.138 e. The van der Waals surface area contributed by atoms with Crippen LogP contribution in [-0.2, 0) is 12.0 Å². The number of nitrogens with zero attached hydrogens (tertiary/aromatic N) is 2. The summed E-state index contributed by atoms with van der Waals surface area (Å²) in [5.74, 6) is 2.52. The molecular formula is C15H20ClN3O2. The summed E-state index contributed by atoms with van der Waals surface area (Å²) in [5, 5.41) is 14.1. The summed E-state index contributed by atoms with van der Waals surface area (Å²) in [6.07, 6.45) is 0.712. The Labute approximate surface area is 129 Å². The third-order valence-electron chi connectivity index (χ3n) is 3.29. The second-order valence-corrected chi connectivity index (χ2v) is 5.64. The van der Waals surface area contributed by atoms with Gasteiger partial charge in [0.25, 0.3) is 0 Å². The minimum Gasteiger partial charge on any atom is -0.463 e. The molecule has 1 unspecified atom stereocenters. The number of halogens is 1. The molecule has 0 aromatic carbocycles. The fraction of sp³-hybridized carbons (Fsp3) is 0.467. The highest BCUT2D eigenvalue weighted by atomic mass is 35.5. The van der Waals surface area contributed by atoms with Crippen LogP contribution in [0, 0.1) is 13.8 Å². The van der Waals surface area contributed by atoms with Crippen LogP contribution in [0.1, 0.15) is 36.8 Å². The lowest BCUT2D eigenvalue weighted by Crippen LogP contribution is -2.31. The number of furan rings is 1. The van der Waals surface area contributed by atoms with Crippen molar-refractivity contribution in [3.8, 4) is 0 Å². The van der Waals surface area contributed by atoms with Gasteiger partial charge in [-0.3, -0.25) is 0 Å². The number of aromatic nitrogens is 2. The fourth-order valence-corrected chi connectivity index (χ4v) is 2.43. The predicted octanol–water partition coefficient (Wildman–Crippen LogP) is 3.22. The Hall–Kier alpha value is -1.59. The summed E-state index contributed by atoms with van der Waals surface area (Å²) in [4.78, 5) is 8.50. The number of hydrogen-bond acceptors (Lipinski definition) is 5. The quantitative estimate of drug-likeness (QED) is 0.830. The second-order valence-electron chi connectivity index (χ2n) is 5.28. The first-order valence-electron chi connectivity index (χ1n) is 6.89. The molecule has 21 heavy (non-hydrogen) atoms. The first-order chi connectivity index (χ1) is 9.83. The van der Waals surface area contributed by atoms with Crippen molar-refractivity contribution in [3.05, 3.63) is 40.2 Å². The van der Waals surface area contributed by atoms with Crippen molar-refractivity contribution in [3.63, 3.8) is 0 Å².